The standard InChI is InChI=1S/C22H20F3N/c23-22(24,25)15-18-11-13-21(14-12-18)26(16-19-7-3-1-4-8-19)17-20-9-5-2-6-10-20/h1-14H,15-17H2. The molecule has 3 aromatic rings. The van der Waals surface area contributed by atoms with E-state index >= 15 is 0 Å². The number of halogens is 3. The van der Waals surface area contributed by atoms with Crippen molar-refractivity contribution in [3.05, 3.63) is 102 Å². The Morgan fingerprint density at radius 1 is 0.577 bits per heavy atom. The molecule has 0 aliphatic rings. The Bertz CT molecular complexity index is 755. The topological polar surface area (TPSA) is 3.24 Å². The highest BCUT2D eigenvalue weighted by Gasteiger charge is 2.27. The molecule has 4 heteroatoms. The monoisotopic (exact) mass is 355 g/mol. The lowest BCUT2D eigenvalue weighted by molar-refractivity contribution is -0.127. The highest BCUT2D eigenvalue weighted by Crippen LogP contribution is 2.25. The van der Waals surface area contributed by atoms with Crippen LogP contribution < -0.4 is 4.90 Å². The van der Waals surface area contributed by atoms with E-state index in [1.807, 2.05) is 36.4 Å². The Balaban J connectivity index is 1.82. The van der Waals surface area contributed by atoms with Crippen LogP contribution in [-0.4, -0.2) is 6.18 Å². The SMILES string of the molecule is FC(F)(F)Cc1ccc(N(Cc2ccccc2)Cc2ccccc2)cc1. The molecule has 0 spiro atoms. The second-order valence-corrected chi connectivity index (χ2v) is 6.29. The molecule has 0 unspecified atom stereocenters. The highest BCUT2D eigenvalue weighted by atomic mass is 19.4. The quantitative estimate of drug-likeness (QED) is 0.524. The number of hydrogen-bond donors (Lipinski definition) is 0. The van der Waals surface area contributed by atoms with Crippen LogP contribution in [0.2, 0.25) is 0 Å². The maximum absolute atomic E-state index is 12.6. The number of nitrogens with zero attached hydrogens (tertiary/aromatic N) is 1. The molecule has 26 heavy (non-hydrogen) atoms. The van der Waals surface area contributed by atoms with Gasteiger partial charge in [0.2, 0.25) is 0 Å². The summed E-state index contributed by atoms with van der Waals surface area (Å²) in [5.74, 6) is 0. The first-order valence-corrected chi connectivity index (χ1v) is 8.48. The third-order valence-corrected chi connectivity index (χ3v) is 4.14. The molecule has 0 amide bonds. The molecule has 0 atom stereocenters. The van der Waals surface area contributed by atoms with Gasteiger partial charge in [-0.25, -0.2) is 0 Å². The van der Waals surface area contributed by atoms with Gasteiger partial charge in [0.1, 0.15) is 0 Å². The van der Waals surface area contributed by atoms with Crippen molar-refractivity contribution >= 4 is 5.69 Å². The van der Waals surface area contributed by atoms with E-state index in [0.29, 0.717) is 13.1 Å². The second-order valence-electron chi connectivity index (χ2n) is 6.29. The van der Waals surface area contributed by atoms with Gasteiger partial charge in [0.25, 0.3) is 0 Å². The zero-order valence-electron chi connectivity index (χ0n) is 14.3. The molecule has 0 saturated heterocycles. The minimum absolute atomic E-state index is 0.278. The molecule has 0 fully saturated rings. The molecule has 0 radical (unpaired) electrons. The van der Waals surface area contributed by atoms with Gasteiger partial charge in [0, 0.05) is 18.8 Å². The molecule has 0 saturated carbocycles. The van der Waals surface area contributed by atoms with E-state index in [1.165, 1.54) is 0 Å². The van der Waals surface area contributed by atoms with E-state index in [9.17, 15) is 13.2 Å². The van der Waals surface area contributed by atoms with E-state index in [-0.39, 0.29) is 5.56 Å². The van der Waals surface area contributed by atoms with Crippen molar-refractivity contribution in [3.63, 3.8) is 0 Å². The molecule has 0 heterocycles. The van der Waals surface area contributed by atoms with Crippen LogP contribution >= 0.6 is 0 Å². The van der Waals surface area contributed by atoms with Gasteiger partial charge in [-0.15, -0.1) is 0 Å². The predicted octanol–water partition coefficient (Wildman–Crippen LogP) is 6.00. The van der Waals surface area contributed by atoms with Crippen LogP contribution in [0.4, 0.5) is 18.9 Å². The molecule has 0 N–H and O–H groups in total. The molecular weight excluding hydrogens is 335 g/mol. The molecule has 1 nitrogen and oxygen atoms in total. The second kappa shape index (κ2) is 8.09. The summed E-state index contributed by atoms with van der Waals surface area (Å²) in [5, 5.41) is 0. The minimum Gasteiger partial charge on any atom is -0.363 e. The Hall–Kier alpha value is -2.75. The van der Waals surface area contributed by atoms with Gasteiger partial charge in [-0.3, -0.25) is 0 Å². The lowest BCUT2D eigenvalue weighted by atomic mass is 10.1. The summed E-state index contributed by atoms with van der Waals surface area (Å²) in [4.78, 5) is 2.17. The summed E-state index contributed by atoms with van der Waals surface area (Å²) in [6.45, 7) is 1.38. The van der Waals surface area contributed by atoms with Gasteiger partial charge in [0.05, 0.1) is 6.42 Å². The maximum Gasteiger partial charge on any atom is 0.393 e. The Morgan fingerprint density at radius 3 is 1.46 bits per heavy atom. The summed E-state index contributed by atoms with van der Waals surface area (Å²) >= 11 is 0. The first-order chi connectivity index (χ1) is 12.5. The fourth-order valence-corrected chi connectivity index (χ4v) is 2.90. The van der Waals surface area contributed by atoms with Crippen LogP contribution in [0.15, 0.2) is 84.9 Å². The molecule has 3 rings (SSSR count). The van der Waals surface area contributed by atoms with Crippen molar-refractivity contribution in [1.82, 2.24) is 0 Å². The number of hydrogen-bond acceptors (Lipinski definition) is 1. The van der Waals surface area contributed by atoms with Crippen molar-refractivity contribution in [2.75, 3.05) is 4.90 Å². The third kappa shape index (κ3) is 5.38. The molecule has 0 aromatic heterocycles. The van der Waals surface area contributed by atoms with Gasteiger partial charge in [-0.1, -0.05) is 72.8 Å². The largest absolute Gasteiger partial charge is 0.393 e. The summed E-state index contributed by atoms with van der Waals surface area (Å²) in [5.41, 5.74) is 3.50. The zero-order chi connectivity index (χ0) is 18.4. The van der Waals surface area contributed by atoms with Crippen LogP contribution in [0.1, 0.15) is 16.7 Å². The van der Waals surface area contributed by atoms with Crippen molar-refractivity contribution in [2.24, 2.45) is 0 Å². The van der Waals surface area contributed by atoms with Crippen molar-refractivity contribution in [3.8, 4) is 0 Å². The average Bonchev–Trinajstić information content (AvgIpc) is 2.62. The molecule has 134 valence electrons. The van der Waals surface area contributed by atoms with E-state index in [1.54, 1.807) is 24.3 Å². The van der Waals surface area contributed by atoms with Crippen LogP contribution in [0.5, 0.6) is 0 Å². The van der Waals surface area contributed by atoms with E-state index in [2.05, 4.69) is 29.2 Å². The Morgan fingerprint density at radius 2 is 1.04 bits per heavy atom. The number of alkyl halides is 3. The summed E-state index contributed by atoms with van der Waals surface area (Å²) in [6, 6.07) is 26.8. The van der Waals surface area contributed by atoms with Gasteiger partial charge in [0.15, 0.2) is 0 Å². The van der Waals surface area contributed by atoms with Crippen molar-refractivity contribution in [1.29, 1.82) is 0 Å². The van der Waals surface area contributed by atoms with Gasteiger partial charge in [-0.05, 0) is 28.8 Å². The number of rotatable bonds is 6. The van der Waals surface area contributed by atoms with Crippen molar-refractivity contribution in [2.45, 2.75) is 25.7 Å². The molecule has 3 aromatic carbocycles. The lowest BCUT2D eigenvalue weighted by Gasteiger charge is -2.25. The first-order valence-electron chi connectivity index (χ1n) is 8.48. The fourth-order valence-electron chi connectivity index (χ4n) is 2.90. The summed E-state index contributed by atoms with van der Waals surface area (Å²) in [7, 11) is 0. The summed E-state index contributed by atoms with van der Waals surface area (Å²) in [6.07, 6.45) is -5.08. The first kappa shape index (κ1) is 18.1. The van der Waals surface area contributed by atoms with Gasteiger partial charge in [-0.2, -0.15) is 13.2 Å². The van der Waals surface area contributed by atoms with Crippen molar-refractivity contribution < 1.29 is 13.2 Å². The van der Waals surface area contributed by atoms with Crippen LogP contribution in [0.25, 0.3) is 0 Å². The molecule has 0 bridgehead atoms. The summed E-state index contributed by atoms with van der Waals surface area (Å²) < 4.78 is 37.7. The van der Waals surface area contributed by atoms with Gasteiger partial charge < -0.3 is 4.90 Å². The lowest BCUT2D eigenvalue weighted by Crippen LogP contribution is -2.22. The van der Waals surface area contributed by atoms with Crippen LogP contribution in [-0.2, 0) is 19.5 Å². The van der Waals surface area contributed by atoms with E-state index in [0.717, 1.165) is 16.8 Å². The third-order valence-electron chi connectivity index (χ3n) is 4.14. The number of anilines is 1. The fraction of sp³-hybridized carbons (Fsp3) is 0.182. The number of benzene rings is 3. The Labute approximate surface area is 151 Å². The van der Waals surface area contributed by atoms with E-state index in [4.69, 9.17) is 0 Å². The molecule has 0 aliphatic carbocycles. The van der Waals surface area contributed by atoms with Crippen LogP contribution in [0.3, 0.4) is 0 Å². The molecule has 0 aliphatic heterocycles. The average molecular weight is 355 g/mol. The molecular formula is C22H20F3N. The minimum atomic E-state index is -4.19. The van der Waals surface area contributed by atoms with Crippen LogP contribution in [0, 0.1) is 0 Å². The maximum atomic E-state index is 12.6. The smallest absolute Gasteiger partial charge is 0.363 e. The van der Waals surface area contributed by atoms with E-state index < -0.39 is 12.6 Å². The predicted molar refractivity (Wildman–Crippen MR) is 99.0 cm³/mol. The van der Waals surface area contributed by atoms with Gasteiger partial charge >= 0.3 is 6.18 Å². The Kier molecular flexibility index (Phi) is 5.61. The zero-order valence-corrected chi connectivity index (χ0v) is 14.3. The normalized spacial score (nSPS) is 11.3. The highest BCUT2D eigenvalue weighted by molar-refractivity contribution is 5.49.